The topological polar surface area (TPSA) is 61.4 Å². The van der Waals surface area contributed by atoms with Crippen LogP contribution in [0.3, 0.4) is 0 Å². The number of piperidine rings is 1. The van der Waals surface area contributed by atoms with Gasteiger partial charge in [-0.15, -0.1) is 0 Å². The third-order valence-corrected chi connectivity index (χ3v) is 6.31. The first-order chi connectivity index (χ1) is 14.6. The number of nitrogens with one attached hydrogen (secondary N) is 1. The minimum atomic E-state index is -4.77. The Balaban J connectivity index is 0.00000363. The van der Waals surface area contributed by atoms with Crippen molar-refractivity contribution in [3.8, 4) is 11.3 Å². The first-order valence-electron chi connectivity index (χ1n) is 9.62. The van der Waals surface area contributed by atoms with Crippen molar-refractivity contribution >= 4 is 29.2 Å². The van der Waals surface area contributed by atoms with Crippen molar-refractivity contribution in [2.75, 3.05) is 27.2 Å². The normalized spacial score (nSPS) is 16.2. The average molecular weight is 492 g/mol. The molecule has 1 saturated heterocycles. The van der Waals surface area contributed by atoms with Crippen molar-refractivity contribution in [2.45, 2.75) is 38.5 Å². The summed E-state index contributed by atoms with van der Waals surface area (Å²) in [4.78, 5) is 24.1. The van der Waals surface area contributed by atoms with Gasteiger partial charge >= 0.3 is 12.2 Å². The van der Waals surface area contributed by atoms with Crippen LogP contribution in [0.15, 0.2) is 30.7 Å². The van der Waals surface area contributed by atoms with Gasteiger partial charge in [0.25, 0.3) is 0 Å². The molecule has 1 aromatic heterocycles. The fourth-order valence-electron chi connectivity index (χ4n) is 3.53. The number of hydrogen-bond donors (Lipinski definition) is 1. The summed E-state index contributed by atoms with van der Waals surface area (Å²) >= 11 is 12.5. The summed E-state index contributed by atoms with van der Waals surface area (Å²) < 4.78 is 41.7. The van der Waals surface area contributed by atoms with Crippen LogP contribution in [0.2, 0.25) is 10.0 Å². The van der Waals surface area contributed by atoms with Crippen LogP contribution in [0.5, 0.6) is 0 Å². The Hall–Kier alpha value is -2.10. The zero-order valence-electron chi connectivity index (χ0n) is 17.0. The Morgan fingerprint density at radius 2 is 1.88 bits per heavy atom. The number of urea groups is 1. The summed E-state index contributed by atoms with van der Waals surface area (Å²) in [5, 5.41) is 1.70. The van der Waals surface area contributed by atoms with Crippen molar-refractivity contribution in [3.63, 3.8) is 0 Å². The second kappa shape index (κ2) is 10.7. The number of carbonyl (C=O) groups excluding carboxylic acids is 1. The summed E-state index contributed by atoms with van der Waals surface area (Å²) in [6.07, 6.45) is 0.933. The number of aromatic nitrogens is 2. The average Bonchev–Trinajstić information content (AvgIpc) is 2.74. The van der Waals surface area contributed by atoms with Gasteiger partial charge in [-0.2, -0.15) is 13.2 Å². The van der Waals surface area contributed by atoms with Gasteiger partial charge in [0.05, 0.1) is 21.9 Å². The number of benzene rings is 1. The van der Waals surface area contributed by atoms with E-state index in [0.29, 0.717) is 24.1 Å². The summed E-state index contributed by atoms with van der Waals surface area (Å²) in [6, 6.07) is -0.675. The van der Waals surface area contributed by atoms with Gasteiger partial charge < -0.3 is 15.1 Å². The van der Waals surface area contributed by atoms with Crippen LogP contribution in [0.4, 0.5) is 18.0 Å². The summed E-state index contributed by atoms with van der Waals surface area (Å²) in [7, 11) is 3.47. The second-order valence-electron chi connectivity index (χ2n) is 7.49. The molecule has 11 heteroatoms. The molecule has 0 bridgehead atoms. The van der Waals surface area contributed by atoms with Gasteiger partial charge in [0.2, 0.25) is 0 Å². The molecule has 2 heterocycles. The highest BCUT2D eigenvalue weighted by Crippen LogP contribution is 2.42. The molecule has 1 aliphatic rings. The van der Waals surface area contributed by atoms with Crippen LogP contribution in [0.1, 0.15) is 31.9 Å². The number of nitrogens with zero attached hydrogens (tertiary/aromatic N) is 4. The van der Waals surface area contributed by atoms with Crippen molar-refractivity contribution in [1.29, 1.82) is 0 Å². The Morgan fingerprint density at radius 3 is 2.44 bits per heavy atom. The predicted octanol–water partition coefficient (Wildman–Crippen LogP) is 5.43. The molecule has 1 unspecified atom stereocenters. The molecule has 1 atom stereocenters. The Kier molecular flexibility index (Phi) is 8.73. The van der Waals surface area contributed by atoms with E-state index in [1.807, 2.05) is 7.05 Å². The molecule has 2 aromatic rings. The van der Waals surface area contributed by atoms with Crippen LogP contribution in [-0.2, 0) is 0 Å². The lowest BCUT2D eigenvalue weighted by molar-refractivity contribution is -0.155. The number of hydrogen-bond acceptors (Lipinski definition) is 4. The van der Waals surface area contributed by atoms with Gasteiger partial charge in [-0.25, -0.2) is 4.79 Å². The maximum atomic E-state index is 13.9. The molecular weight excluding hydrogens is 466 g/mol. The van der Waals surface area contributed by atoms with Crippen LogP contribution < -0.4 is 5.32 Å². The molecule has 32 heavy (non-hydrogen) atoms. The van der Waals surface area contributed by atoms with Gasteiger partial charge in [0.1, 0.15) is 0 Å². The van der Waals surface area contributed by atoms with E-state index >= 15 is 0 Å². The second-order valence-corrected chi connectivity index (χ2v) is 8.25. The number of amides is 2. The number of likely N-dealkylation sites (tertiary alicyclic amines) is 1. The SMILES string of the molecule is C.CN1CCC(N(C)C(=O)NC(c2ccc(-c3cnccn3)c(Cl)c2Cl)C(F)(F)F)CC1. The van der Waals surface area contributed by atoms with E-state index < -0.39 is 18.2 Å². The van der Waals surface area contributed by atoms with Crippen LogP contribution in [-0.4, -0.2) is 65.2 Å². The fourth-order valence-corrected chi connectivity index (χ4v) is 4.08. The molecule has 1 aromatic carbocycles. The smallest absolute Gasteiger partial charge is 0.325 e. The first kappa shape index (κ1) is 26.2. The van der Waals surface area contributed by atoms with Crippen LogP contribution in [0.25, 0.3) is 11.3 Å². The van der Waals surface area contributed by atoms with Crippen molar-refractivity contribution < 1.29 is 18.0 Å². The first-order valence-corrected chi connectivity index (χ1v) is 10.4. The highest BCUT2D eigenvalue weighted by atomic mass is 35.5. The van der Waals surface area contributed by atoms with Crippen molar-refractivity contribution in [2.24, 2.45) is 0 Å². The number of halogens is 5. The monoisotopic (exact) mass is 491 g/mol. The molecule has 0 radical (unpaired) electrons. The molecule has 0 spiro atoms. The van der Waals surface area contributed by atoms with Crippen molar-refractivity contribution in [1.82, 2.24) is 25.1 Å². The molecule has 0 saturated carbocycles. The number of rotatable bonds is 4. The van der Waals surface area contributed by atoms with Gasteiger partial charge in [0, 0.05) is 36.6 Å². The minimum absolute atomic E-state index is 0. The lowest BCUT2D eigenvalue weighted by Crippen LogP contribution is -2.50. The van der Waals surface area contributed by atoms with E-state index in [4.69, 9.17) is 23.2 Å². The third kappa shape index (κ3) is 5.82. The maximum Gasteiger partial charge on any atom is 0.412 e. The largest absolute Gasteiger partial charge is 0.412 e. The maximum absolute atomic E-state index is 13.9. The van der Waals surface area contributed by atoms with E-state index in [0.717, 1.165) is 13.1 Å². The Labute approximate surface area is 195 Å². The van der Waals surface area contributed by atoms with E-state index in [1.54, 1.807) is 0 Å². The van der Waals surface area contributed by atoms with Gasteiger partial charge in [-0.1, -0.05) is 42.8 Å². The van der Waals surface area contributed by atoms with E-state index in [1.165, 1.54) is 42.7 Å². The molecule has 1 aliphatic heterocycles. The lowest BCUT2D eigenvalue weighted by Gasteiger charge is -2.36. The van der Waals surface area contributed by atoms with Crippen LogP contribution in [0, 0.1) is 0 Å². The summed E-state index contributed by atoms with van der Waals surface area (Å²) in [5.41, 5.74) is 0.381. The number of alkyl halides is 3. The molecular formula is C21H26Cl2F3N5O. The molecule has 1 N–H and O–H groups in total. The molecule has 2 amide bonds. The molecule has 3 rings (SSSR count). The molecule has 6 nitrogen and oxygen atoms in total. The van der Waals surface area contributed by atoms with E-state index in [9.17, 15) is 18.0 Å². The van der Waals surface area contributed by atoms with Gasteiger partial charge in [-0.3, -0.25) is 9.97 Å². The highest BCUT2D eigenvalue weighted by Gasteiger charge is 2.44. The Morgan fingerprint density at radius 1 is 1.22 bits per heavy atom. The fraction of sp³-hybridized carbons (Fsp3) is 0.476. The standard InChI is InChI=1S/C20H22Cl2F3N5O.CH4/c1-29-9-5-12(6-10-29)30(2)19(31)28-18(20(23,24)25)14-4-3-13(16(21)17(14)22)15-11-26-7-8-27-15;/h3-4,7-8,11-12,18H,5-6,9-10H2,1-2H3,(H,28,31);1H4. The molecule has 0 aliphatic carbocycles. The lowest BCUT2D eigenvalue weighted by atomic mass is 10.0. The summed E-state index contributed by atoms with van der Waals surface area (Å²) in [5.74, 6) is 0. The Bertz CT molecular complexity index is 922. The molecule has 1 fully saturated rings. The zero-order chi connectivity index (χ0) is 22.8. The molecule has 176 valence electrons. The van der Waals surface area contributed by atoms with Crippen molar-refractivity contribution in [3.05, 3.63) is 46.3 Å². The van der Waals surface area contributed by atoms with Crippen LogP contribution >= 0.6 is 23.2 Å². The predicted molar refractivity (Wildman–Crippen MR) is 120 cm³/mol. The minimum Gasteiger partial charge on any atom is -0.325 e. The van der Waals surface area contributed by atoms with E-state index in [-0.39, 0.29) is 29.1 Å². The third-order valence-electron chi connectivity index (χ3n) is 5.41. The van der Waals surface area contributed by atoms with E-state index in [2.05, 4.69) is 20.2 Å². The highest BCUT2D eigenvalue weighted by molar-refractivity contribution is 6.44. The zero-order valence-corrected chi connectivity index (χ0v) is 18.5. The van der Waals surface area contributed by atoms with Gasteiger partial charge in [0.15, 0.2) is 6.04 Å². The quantitative estimate of drug-likeness (QED) is 0.619. The summed E-state index contributed by atoms with van der Waals surface area (Å²) in [6.45, 7) is 1.55. The van der Waals surface area contributed by atoms with Gasteiger partial charge in [-0.05, 0) is 33.0 Å². The number of carbonyl (C=O) groups is 1.